The molecule has 0 saturated heterocycles. The molecule has 0 aromatic carbocycles. The zero-order valence-corrected chi connectivity index (χ0v) is 15.9. The Labute approximate surface area is 140 Å². The topological polar surface area (TPSA) is 18.5 Å². The molecular formula is C20H42O2. The summed E-state index contributed by atoms with van der Waals surface area (Å²) in [6, 6.07) is 0. The van der Waals surface area contributed by atoms with E-state index in [0.717, 1.165) is 38.4 Å². The summed E-state index contributed by atoms with van der Waals surface area (Å²) in [6.07, 6.45) is 15.6. The van der Waals surface area contributed by atoms with Crippen molar-refractivity contribution in [1.29, 1.82) is 0 Å². The van der Waals surface area contributed by atoms with Crippen LogP contribution in [0.1, 0.15) is 105 Å². The predicted octanol–water partition coefficient (Wildman–Crippen LogP) is 6.72. The van der Waals surface area contributed by atoms with E-state index < -0.39 is 0 Å². The minimum Gasteiger partial charge on any atom is -0.353 e. The molecular weight excluding hydrogens is 272 g/mol. The molecule has 0 saturated carbocycles. The van der Waals surface area contributed by atoms with E-state index in [1.54, 1.807) is 0 Å². The summed E-state index contributed by atoms with van der Waals surface area (Å²) in [5.41, 5.74) is 0. The number of hydrogen-bond acceptors (Lipinski definition) is 2. The van der Waals surface area contributed by atoms with E-state index in [1.807, 2.05) is 0 Å². The van der Waals surface area contributed by atoms with Gasteiger partial charge in [0.15, 0.2) is 6.29 Å². The molecule has 0 fully saturated rings. The van der Waals surface area contributed by atoms with Crippen LogP contribution in [0.25, 0.3) is 0 Å². The lowest BCUT2D eigenvalue weighted by Gasteiger charge is -2.18. The molecule has 0 aromatic rings. The molecule has 0 aliphatic heterocycles. The number of ether oxygens (including phenoxy) is 2. The van der Waals surface area contributed by atoms with Crippen molar-refractivity contribution < 1.29 is 9.47 Å². The summed E-state index contributed by atoms with van der Waals surface area (Å²) in [7, 11) is 0. The van der Waals surface area contributed by atoms with Gasteiger partial charge < -0.3 is 9.47 Å². The van der Waals surface area contributed by atoms with Crippen molar-refractivity contribution in [3.63, 3.8) is 0 Å². The second-order valence-corrected chi connectivity index (χ2v) is 6.76. The third kappa shape index (κ3) is 14.8. The maximum Gasteiger partial charge on any atom is 0.157 e. The highest BCUT2D eigenvalue weighted by atomic mass is 16.7. The van der Waals surface area contributed by atoms with Crippen molar-refractivity contribution in [3.8, 4) is 0 Å². The summed E-state index contributed by atoms with van der Waals surface area (Å²) < 4.78 is 11.5. The number of rotatable bonds is 17. The van der Waals surface area contributed by atoms with E-state index in [0.29, 0.717) is 0 Å². The van der Waals surface area contributed by atoms with Crippen molar-refractivity contribution in [2.75, 3.05) is 13.2 Å². The molecule has 0 N–H and O–H groups in total. The van der Waals surface area contributed by atoms with E-state index in [-0.39, 0.29) is 6.29 Å². The van der Waals surface area contributed by atoms with Crippen LogP contribution in [0.4, 0.5) is 0 Å². The van der Waals surface area contributed by atoms with Crippen LogP contribution in [0.5, 0.6) is 0 Å². The summed E-state index contributed by atoms with van der Waals surface area (Å²) in [5.74, 6) is 0.925. The minimum atomic E-state index is 0.0361. The first kappa shape index (κ1) is 21.9. The smallest absolute Gasteiger partial charge is 0.157 e. The summed E-state index contributed by atoms with van der Waals surface area (Å²) >= 11 is 0. The van der Waals surface area contributed by atoms with E-state index in [2.05, 4.69) is 27.7 Å². The molecule has 0 bridgehead atoms. The second kappa shape index (κ2) is 17.3. The second-order valence-electron chi connectivity index (χ2n) is 6.76. The van der Waals surface area contributed by atoms with Crippen molar-refractivity contribution in [1.82, 2.24) is 0 Å². The molecule has 0 rings (SSSR count). The molecule has 134 valence electrons. The highest BCUT2D eigenvalue weighted by molar-refractivity contribution is 4.55. The first-order chi connectivity index (χ1) is 10.7. The Morgan fingerprint density at radius 1 is 0.591 bits per heavy atom. The van der Waals surface area contributed by atoms with Crippen LogP contribution in [0.3, 0.4) is 0 Å². The van der Waals surface area contributed by atoms with Crippen LogP contribution >= 0.6 is 0 Å². The van der Waals surface area contributed by atoms with Gasteiger partial charge in [-0.1, -0.05) is 79.1 Å². The lowest BCUT2D eigenvalue weighted by Crippen LogP contribution is -2.18. The van der Waals surface area contributed by atoms with Gasteiger partial charge in [0, 0.05) is 13.2 Å². The quantitative estimate of drug-likeness (QED) is 0.219. The lowest BCUT2D eigenvalue weighted by atomic mass is 9.97. The maximum absolute atomic E-state index is 5.77. The average Bonchev–Trinajstić information content (AvgIpc) is 2.53. The third-order valence-corrected chi connectivity index (χ3v) is 4.20. The van der Waals surface area contributed by atoms with Gasteiger partial charge in [-0.3, -0.25) is 0 Å². The zero-order chi connectivity index (χ0) is 16.5. The normalized spacial score (nSPS) is 13.0. The highest BCUT2D eigenvalue weighted by Gasteiger charge is 2.08. The SMILES string of the molecule is CCCCC(C)CCCCCCCC(OCCC)OCCC. The van der Waals surface area contributed by atoms with Gasteiger partial charge in [0.1, 0.15) is 0 Å². The average molecular weight is 315 g/mol. The molecule has 0 heterocycles. The lowest BCUT2D eigenvalue weighted by molar-refractivity contribution is -0.146. The largest absolute Gasteiger partial charge is 0.353 e. The Bertz CT molecular complexity index is 198. The molecule has 2 heteroatoms. The van der Waals surface area contributed by atoms with Crippen LogP contribution in [0, 0.1) is 5.92 Å². The fraction of sp³-hybridized carbons (Fsp3) is 1.00. The molecule has 0 radical (unpaired) electrons. The molecule has 2 nitrogen and oxygen atoms in total. The zero-order valence-electron chi connectivity index (χ0n) is 15.9. The molecule has 0 aromatic heterocycles. The summed E-state index contributed by atoms with van der Waals surface area (Å²) in [4.78, 5) is 0. The Morgan fingerprint density at radius 2 is 1.09 bits per heavy atom. The Morgan fingerprint density at radius 3 is 1.64 bits per heavy atom. The van der Waals surface area contributed by atoms with Gasteiger partial charge in [0.05, 0.1) is 0 Å². The van der Waals surface area contributed by atoms with Gasteiger partial charge in [0.2, 0.25) is 0 Å². The van der Waals surface area contributed by atoms with Crippen molar-refractivity contribution in [2.45, 2.75) is 111 Å². The van der Waals surface area contributed by atoms with Gasteiger partial charge in [0.25, 0.3) is 0 Å². The standard InChI is InChI=1S/C20H42O2/c1-5-8-14-19(4)15-12-10-9-11-13-16-20(21-17-6-2)22-18-7-3/h19-20H,5-18H2,1-4H3. The fourth-order valence-electron chi connectivity index (χ4n) is 2.74. The van der Waals surface area contributed by atoms with E-state index in [9.17, 15) is 0 Å². The molecule has 0 aliphatic rings. The van der Waals surface area contributed by atoms with Crippen molar-refractivity contribution in [3.05, 3.63) is 0 Å². The third-order valence-electron chi connectivity index (χ3n) is 4.20. The molecule has 0 aliphatic carbocycles. The van der Waals surface area contributed by atoms with Crippen molar-refractivity contribution in [2.24, 2.45) is 5.92 Å². The van der Waals surface area contributed by atoms with E-state index >= 15 is 0 Å². The monoisotopic (exact) mass is 314 g/mol. The maximum atomic E-state index is 5.77. The molecule has 0 amide bonds. The van der Waals surface area contributed by atoms with Gasteiger partial charge in [-0.2, -0.15) is 0 Å². The van der Waals surface area contributed by atoms with Crippen LogP contribution < -0.4 is 0 Å². The molecule has 1 unspecified atom stereocenters. The van der Waals surface area contributed by atoms with Crippen LogP contribution in [0.15, 0.2) is 0 Å². The molecule has 1 atom stereocenters. The van der Waals surface area contributed by atoms with Gasteiger partial charge in [-0.15, -0.1) is 0 Å². The Balaban J connectivity index is 3.47. The van der Waals surface area contributed by atoms with Gasteiger partial charge in [-0.05, 0) is 31.6 Å². The van der Waals surface area contributed by atoms with E-state index in [4.69, 9.17) is 9.47 Å². The number of hydrogen-bond donors (Lipinski definition) is 0. The first-order valence-corrected chi connectivity index (χ1v) is 9.97. The predicted molar refractivity (Wildman–Crippen MR) is 97.3 cm³/mol. The molecule has 0 spiro atoms. The minimum absolute atomic E-state index is 0.0361. The summed E-state index contributed by atoms with van der Waals surface area (Å²) in [5, 5.41) is 0. The van der Waals surface area contributed by atoms with Gasteiger partial charge >= 0.3 is 0 Å². The van der Waals surface area contributed by atoms with Crippen LogP contribution in [0.2, 0.25) is 0 Å². The van der Waals surface area contributed by atoms with Crippen LogP contribution in [-0.2, 0) is 9.47 Å². The number of unbranched alkanes of at least 4 members (excludes halogenated alkanes) is 5. The molecule has 22 heavy (non-hydrogen) atoms. The summed E-state index contributed by atoms with van der Waals surface area (Å²) in [6.45, 7) is 10.6. The first-order valence-electron chi connectivity index (χ1n) is 9.97. The fourth-order valence-corrected chi connectivity index (χ4v) is 2.74. The highest BCUT2D eigenvalue weighted by Crippen LogP contribution is 2.17. The Kier molecular flexibility index (Phi) is 17.2. The van der Waals surface area contributed by atoms with E-state index in [1.165, 1.54) is 57.8 Å². The van der Waals surface area contributed by atoms with Crippen LogP contribution in [-0.4, -0.2) is 19.5 Å². The van der Waals surface area contributed by atoms with Crippen molar-refractivity contribution >= 4 is 0 Å². The Hall–Kier alpha value is -0.0800. The van der Waals surface area contributed by atoms with Gasteiger partial charge in [-0.25, -0.2) is 0 Å².